The highest BCUT2D eigenvalue weighted by Crippen LogP contribution is 2.40. The van der Waals surface area contributed by atoms with Crippen LogP contribution in [0.2, 0.25) is 0 Å². The lowest BCUT2D eigenvalue weighted by molar-refractivity contribution is 0.612. The lowest BCUT2D eigenvalue weighted by Crippen LogP contribution is -2.01. The second kappa shape index (κ2) is 13.9. The van der Waals surface area contributed by atoms with Gasteiger partial charge in [0.25, 0.3) is 0 Å². The van der Waals surface area contributed by atoms with Crippen molar-refractivity contribution in [1.29, 1.82) is 5.26 Å². The number of rotatable bonds is 7. The van der Waals surface area contributed by atoms with Crippen molar-refractivity contribution in [3.8, 4) is 85.1 Å². The van der Waals surface area contributed by atoms with Crippen LogP contribution in [0.3, 0.4) is 0 Å². The summed E-state index contributed by atoms with van der Waals surface area (Å²) in [5.74, 6) is 1.55. The van der Waals surface area contributed by atoms with Crippen molar-refractivity contribution < 1.29 is 8.81 Å². The molecule has 0 spiro atoms. The van der Waals surface area contributed by atoms with Crippen molar-refractivity contribution >= 4 is 11.1 Å². The zero-order chi connectivity index (χ0) is 36.4. The average molecular weight is 698 g/mol. The molecule has 0 N–H and O–H groups in total. The van der Waals surface area contributed by atoms with Gasteiger partial charge in [-0.1, -0.05) is 127 Å². The van der Waals surface area contributed by atoms with E-state index in [-0.39, 0.29) is 0 Å². The first-order chi connectivity index (χ1) is 26.6. The Bertz CT molecular complexity index is 2770. The van der Waals surface area contributed by atoms with Crippen molar-refractivity contribution in [1.82, 2.24) is 19.9 Å². The number of benzene rings is 7. The smallest absolute Gasteiger partial charge is 0.227 e. The number of nitrogens with zero attached hydrogens (tertiary/aromatic N) is 5. The van der Waals surface area contributed by atoms with Crippen molar-refractivity contribution in [3.05, 3.63) is 181 Å². The second-order valence-electron chi connectivity index (χ2n) is 12.7. The number of oxazole rings is 1. The summed E-state index contributed by atoms with van der Waals surface area (Å²) in [6, 6.07) is 55.8. The highest BCUT2D eigenvalue weighted by molar-refractivity contribution is 5.92. The molecule has 0 atom stereocenters. The van der Waals surface area contributed by atoms with E-state index in [9.17, 15) is 5.26 Å². The fraction of sp³-hybridized carbons (Fsp3) is 0. The van der Waals surface area contributed by atoms with E-state index in [1.54, 1.807) is 18.2 Å². The molecule has 0 saturated heterocycles. The quantitative estimate of drug-likeness (QED) is 0.165. The molecule has 0 unspecified atom stereocenters. The molecule has 0 aliphatic rings. The third kappa shape index (κ3) is 6.19. The van der Waals surface area contributed by atoms with Crippen LogP contribution in [0.15, 0.2) is 174 Å². The van der Waals surface area contributed by atoms with Gasteiger partial charge in [-0.15, -0.1) is 0 Å². The molecule has 9 rings (SSSR count). The van der Waals surface area contributed by atoms with Gasteiger partial charge in [-0.05, 0) is 70.3 Å². The normalized spacial score (nSPS) is 11.0. The number of hydrogen-bond donors (Lipinski definition) is 0. The van der Waals surface area contributed by atoms with Gasteiger partial charge in [-0.25, -0.2) is 24.3 Å². The summed E-state index contributed by atoms with van der Waals surface area (Å²) in [5, 5.41) is 10.1. The Morgan fingerprint density at radius 3 is 1.59 bits per heavy atom. The standard InChI is InChI=1S/C47H28FN5O/c48-41-28-33(47-50-42-21-11-12-22-43(42)54-47)23-24-37(41)35-26-30(29-49)25-34(27-35)36-17-7-8-18-38(36)39-19-9-10-20-40(39)46-52-44(31-13-3-1-4-14-31)51-45(53-46)32-15-5-2-6-16-32/h1-28H. The molecule has 7 aromatic carbocycles. The SMILES string of the molecule is N#Cc1cc(-c2ccc(-c3nc4ccccc4o3)cc2F)cc(-c2ccccc2-c2ccccc2-c2nc(-c3ccccc3)nc(-c3ccccc3)n2)c1. The minimum atomic E-state index is -0.451. The van der Waals surface area contributed by atoms with E-state index in [2.05, 4.69) is 11.1 Å². The molecular weight excluding hydrogens is 670 g/mol. The van der Waals surface area contributed by atoms with E-state index < -0.39 is 5.82 Å². The van der Waals surface area contributed by atoms with Gasteiger partial charge in [0, 0.05) is 27.8 Å². The highest BCUT2D eigenvalue weighted by Gasteiger charge is 2.19. The minimum Gasteiger partial charge on any atom is -0.436 e. The summed E-state index contributed by atoms with van der Waals surface area (Å²) in [7, 11) is 0. The van der Waals surface area contributed by atoms with Crippen LogP contribution in [0.5, 0.6) is 0 Å². The summed E-state index contributed by atoms with van der Waals surface area (Å²) in [4.78, 5) is 19.4. The van der Waals surface area contributed by atoms with Gasteiger partial charge in [0.05, 0.1) is 11.6 Å². The number of aromatic nitrogens is 4. The largest absolute Gasteiger partial charge is 0.436 e. The van der Waals surface area contributed by atoms with E-state index in [1.807, 2.05) is 146 Å². The zero-order valence-corrected chi connectivity index (χ0v) is 28.7. The van der Waals surface area contributed by atoms with Gasteiger partial charge >= 0.3 is 0 Å². The fourth-order valence-electron chi connectivity index (χ4n) is 6.69. The van der Waals surface area contributed by atoms with Crippen LogP contribution in [-0.4, -0.2) is 19.9 Å². The number of para-hydroxylation sites is 2. The molecule has 254 valence electrons. The Kier molecular flexibility index (Phi) is 8.31. The van der Waals surface area contributed by atoms with Gasteiger partial charge in [0.2, 0.25) is 5.89 Å². The Morgan fingerprint density at radius 2 is 0.963 bits per heavy atom. The monoisotopic (exact) mass is 697 g/mol. The molecule has 7 heteroatoms. The van der Waals surface area contributed by atoms with Crippen LogP contribution in [0.25, 0.3) is 90.1 Å². The highest BCUT2D eigenvalue weighted by atomic mass is 19.1. The molecule has 54 heavy (non-hydrogen) atoms. The van der Waals surface area contributed by atoms with Gasteiger partial charge in [0.1, 0.15) is 11.3 Å². The molecular formula is C47H28FN5O. The van der Waals surface area contributed by atoms with E-state index in [0.29, 0.717) is 56.7 Å². The van der Waals surface area contributed by atoms with E-state index >= 15 is 4.39 Å². The van der Waals surface area contributed by atoms with Gasteiger partial charge in [-0.3, -0.25) is 0 Å². The van der Waals surface area contributed by atoms with E-state index in [4.69, 9.17) is 19.4 Å². The first-order valence-corrected chi connectivity index (χ1v) is 17.4. The summed E-state index contributed by atoms with van der Waals surface area (Å²) < 4.78 is 21.9. The van der Waals surface area contributed by atoms with Gasteiger partial charge in [-0.2, -0.15) is 5.26 Å². The second-order valence-corrected chi connectivity index (χ2v) is 12.7. The summed E-state index contributed by atoms with van der Waals surface area (Å²) in [5.41, 5.74) is 9.22. The van der Waals surface area contributed by atoms with E-state index in [0.717, 1.165) is 38.9 Å². The average Bonchev–Trinajstić information content (AvgIpc) is 3.69. The number of nitriles is 1. The van der Waals surface area contributed by atoms with Crippen LogP contribution in [0, 0.1) is 17.1 Å². The fourth-order valence-corrected chi connectivity index (χ4v) is 6.69. The van der Waals surface area contributed by atoms with Crippen molar-refractivity contribution in [2.75, 3.05) is 0 Å². The van der Waals surface area contributed by atoms with E-state index in [1.165, 1.54) is 6.07 Å². The number of fused-ring (bicyclic) bond motifs is 1. The molecule has 0 bridgehead atoms. The molecule has 0 radical (unpaired) electrons. The van der Waals surface area contributed by atoms with Crippen molar-refractivity contribution in [2.24, 2.45) is 0 Å². The molecule has 0 amide bonds. The molecule has 2 aromatic heterocycles. The van der Waals surface area contributed by atoms with Gasteiger partial charge < -0.3 is 4.42 Å². The van der Waals surface area contributed by atoms with Crippen LogP contribution in [-0.2, 0) is 0 Å². The van der Waals surface area contributed by atoms with Crippen LogP contribution in [0.1, 0.15) is 5.56 Å². The Hall–Kier alpha value is -7.56. The lowest BCUT2D eigenvalue weighted by atomic mass is 9.89. The molecule has 2 heterocycles. The molecule has 6 nitrogen and oxygen atoms in total. The molecule has 0 aliphatic heterocycles. The minimum absolute atomic E-state index is 0.339. The van der Waals surface area contributed by atoms with Crippen LogP contribution < -0.4 is 0 Å². The first-order valence-electron chi connectivity index (χ1n) is 17.4. The van der Waals surface area contributed by atoms with Crippen molar-refractivity contribution in [2.45, 2.75) is 0 Å². The summed E-state index contributed by atoms with van der Waals surface area (Å²) in [6.07, 6.45) is 0. The third-order valence-corrected chi connectivity index (χ3v) is 9.28. The Morgan fingerprint density at radius 1 is 0.426 bits per heavy atom. The van der Waals surface area contributed by atoms with Crippen molar-refractivity contribution in [3.63, 3.8) is 0 Å². The maximum atomic E-state index is 16.0. The molecule has 0 saturated carbocycles. The Labute approximate surface area is 310 Å². The lowest BCUT2D eigenvalue weighted by Gasteiger charge is -2.16. The maximum Gasteiger partial charge on any atom is 0.227 e. The maximum absolute atomic E-state index is 16.0. The number of hydrogen-bond acceptors (Lipinski definition) is 6. The number of halogens is 1. The predicted octanol–water partition coefficient (Wildman–Crippen LogP) is 11.7. The van der Waals surface area contributed by atoms with Gasteiger partial charge in [0.15, 0.2) is 23.1 Å². The molecule has 0 aliphatic carbocycles. The van der Waals surface area contributed by atoms with Crippen LogP contribution in [0.4, 0.5) is 4.39 Å². The summed E-state index contributed by atoms with van der Waals surface area (Å²) in [6.45, 7) is 0. The molecule has 0 fully saturated rings. The first kappa shape index (κ1) is 32.4. The zero-order valence-electron chi connectivity index (χ0n) is 28.7. The summed E-state index contributed by atoms with van der Waals surface area (Å²) >= 11 is 0. The molecule has 9 aromatic rings. The third-order valence-electron chi connectivity index (χ3n) is 9.28. The Balaban J connectivity index is 1.15. The van der Waals surface area contributed by atoms with Crippen LogP contribution >= 0.6 is 0 Å². The predicted molar refractivity (Wildman–Crippen MR) is 210 cm³/mol. The topological polar surface area (TPSA) is 88.5 Å².